The largest absolute Gasteiger partial charge is 0.497 e. The third kappa shape index (κ3) is 8.51. The standard InChI is InChI=1S/C34H40FN3O7S/c1-43-30-11-13-31(14-12-30)46(41,42)38(19-21-39)20-22-44-33-24-28(27-7-9-29(35)10-8-27)23-32(45-33)34(40)37-17-15-36(16-18-37)25-26-5-3-2-4-6-26/h2-14,23,28,33,39H,15-22,24-25H2,1H3/t28-,33+/m1/s1. The lowest BCUT2D eigenvalue weighted by molar-refractivity contribution is -0.154. The highest BCUT2D eigenvalue weighted by Crippen LogP contribution is 2.32. The van der Waals surface area contributed by atoms with Gasteiger partial charge in [0.05, 0.1) is 25.2 Å². The number of carbonyl (C=O) groups excluding carboxylic acids is 1. The summed E-state index contributed by atoms with van der Waals surface area (Å²) in [4.78, 5) is 17.8. The van der Waals surface area contributed by atoms with E-state index < -0.39 is 16.3 Å². The van der Waals surface area contributed by atoms with Crippen molar-refractivity contribution in [1.29, 1.82) is 0 Å². The Morgan fingerprint density at radius 2 is 1.67 bits per heavy atom. The van der Waals surface area contributed by atoms with Crippen molar-refractivity contribution in [3.05, 3.63) is 108 Å². The average Bonchev–Trinajstić information content (AvgIpc) is 3.08. The van der Waals surface area contributed by atoms with Gasteiger partial charge >= 0.3 is 0 Å². The van der Waals surface area contributed by atoms with Crippen molar-refractivity contribution in [3.63, 3.8) is 0 Å². The van der Waals surface area contributed by atoms with Gasteiger partial charge in [-0.3, -0.25) is 9.69 Å². The second kappa shape index (κ2) is 15.7. The van der Waals surface area contributed by atoms with Crippen molar-refractivity contribution >= 4 is 15.9 Å². The van der Waals surface area contributed by atoms with Crippen molar-refractivity contribution < 1.29 is 36.9 Å². The zero-order chi connectivity index (χ0) is 32.5. The molecule has 10 nitrogen and oxygen atoms in total. The van der Waals surface area contributed by atoms with Crippen LogP contribution in [0.15, 0.2) is 95.6 Å². The van der Waals surface area contributed by atoms with Crippen LogP contribution >= 0.6 is 0 Å². The summed E-state index contributed by atoms with van der Waals surface area (Å²) in [5.74, 6) is -0.217. The molecule has 46 heavy (non-hydrogen) atoms. The molecular formula is C34H40FN3O7S. The van der Waals surface area contributed by atoms with Crippen molar-refractivity contribution in [1.82, 2.24) is 14.1 Å². The zero-order valence-corrected chi connectivity index (χ0v) is 26.6. The Morgan fingerprint density at radius 3 is 2.33 bits per heavy atom. The van der Waals surface area contributed by atoms with E-state index in [1.807, 2.05) is 18.2 Å². The molecule has 5 rings (SSSR count). The van der Waals surface area contributed by atoms with E-state index in [1.165, 1.54) is 36.9 Å². The van der Waals surface area contributed by atoms with Gasteiger partial charge in [-0.1, -0.05) is 42.5 Å². The molecule has 0 bridgehead atoms. The Balaban J connectivity index is 1.24. The van der Waals surface area contributed by atoms with E-state index in [0.717, 1.165) is 29.5 Å². The van der Waals surface area contributed by atoms with Crippen LogP contribution in [-0.4, -0.2) is 99.4 Å². The molecule has 246 valence electrons. The molecule has 0 spiro atoms. The number of hydrogen-bond acceptors (Lipinski definition) is 8. The lowest BCUT2D eigenvalue weighted by Gasteiger charge is -2.36. The lowest BCUT2D eigenvalue weighted by Crippen LogP contribution is -2.49. The highest BCUT2D eigenvalue weighted by atomic mass is 32.2. The normalized spacial score (nSPS) is 19.0. The number of amides is 1. The molecule has 0 saturated carbocycles. The SMILES string of the molecule is COc1ccc(S(=O)(=O)N(CCO)CCO[C@@H]2C[C@H](c3ccc(F)cc3)C=C(C(=O)N3CCN(Cc4ccccc4)CC3)O2)cc1. The van der Waals surface area contributed by atoms with Gasteiger partial charge in [-0.15, -0.1) is 0 Å². The van der Waals surface area contributed by atoms with Crippen molar-refractivity contribution in [2.75, 3.05) is 59.6 Å². The molecule has 2 atom stereocenters. The quantitative estimate of drug-likeness (QED) is 0.298. The molecule has 0 aliphatic carbocycles. The monoisotopic (exact) mass is 653 g/mol. The number of piperazine rings is 1. The summed E-state index contributed by atoms with van der Waals surface area (Å²) in [5.41, 5.74) is 2.03. The molecule has 2 heterocycles. The fraction of sp³-hybridized carbons (Fsp3) is 0.382. The molecule has 1 N–H and O–H groups in total. The highest BCUT2D eigenvalue weighted by molar-refractivity contribution is 7.89. The molecule has 12 heteroatoms. The van der Waals surface area contributed by atoms with E-state index in [0.29, 0.717) is 25.3 Å². The molecule has 3 aromatic carbocycles. The fourth-order valence-corrected chi connectivity index (χ4v) is 7.02. The number of sulfonamides is 1. The summed E-state index contributed by atoms with van der Waals surface area (Å²) in [7, 11) is -2.43. The van der Waals surface area contributed by atoms with Gasteiger partial charge in [0, 0.05) is 58.2 Å². The van der Waals surface area contributed by atoms with Gasteiger partial charge in [-0.2, -0.15) is 4.31 Å². The summed E-state index contributed by atoms with van der Waals surface area (Å²) in [6.07, 6.45) is 1.26. The minimum Gasteiger partial charge on any atom is -0.497 e. The van der Waals surface area contributed by atoms with Crippen LogP contribution in [0.5, 0.6) is 5.75 Å². The molecule has 2 aliphatic heterocycles. The Labute approximate surface area is 269 Å². The van der Waals surface area contributed by atoms with Crippen molar-refractivity contribution in [2.24, 2.45) is 0 Å². The molecule has 1 saturated heterocycles. The second-order valence-electron chi connectivity index (χ2n) is 11.2. The van der Waals surface area contributed by atoms with Crippen LogP contribution in [-0.2, 0) is 30.8 Å². The molecule has 0 radical (unpaired) electrons. The molecule has 0 unspecified atom stereocenters. The maximum absolute atomic E-state index is 13.7. The topological polar surface area (TPSA) is 109 Å². The van der Waals surface area contributed by atoms with Crippen LogP contribution in [0.4, 0.5) is 4.39 Å². The first-order valence-corrected chi connectivity index (χ1v) is 16.8. The Kier molecular flexibility index (Phi) is 11.4. The molecular weight excluding hydrogens is 613 g/mol. The predicted molar refractivity (Wildman–Crippen MR) is 170 cm³/mol. The minimum absolute atomic E-state index is 0.0458. The van der Waals surface area contributed by atoms with Crippen LogP contribution < -0.4 is 4.74 Å². The number of halogens is 1. The molecule has 1 amide bonds. The van der Waals surface area contributed by atoms with Crippen LogP contribution in [0.3, 0.4) is 0 Å². The number of benzene rings is 3. The predicted octanol–water partition coefficient (Wildman–Crippen LogP) is 3.59. The van der Waals surface area contributed by atoms with Crippen LogP contribution in [0, 0.1) is 5.82 Å². The fourth-order valence-electron chi connectivity index (χ4n) is 5.61. The number of aliphatic hydroxyl groups is 1. The first-order chi connectivity index (χ1) is 22.3. The highest BCUT2D eigenvalue weighted by Gasteiger charge is 2.33. The summed E-state index contributed by atoms with van der Waals surface area (Å²) >= 11 is 0. The smallest absolute Gasteiger partial charge is 0.288 e. The number of aliphatic hydroxyl groups excluding tert-OH is 1. The number of rotatable bonds is 13. The van der Waals surface area contributed by atoms with E-state index in [4.69, 9.17) is 14.2 Å². The van der Waals surface area contributed by atoms with E-state index in [9.17, 15) is 22.7 Å². The number of methoxy groups -OCH3 is 1. The van der Waals surface area contributed by atoms with Gasteiger partial charge < -0.3 is 24.2 Å². The van der Waals surface area contributed by atoms with Crippen molar-refractivity contribution in [3.8, 4) is 5.75 Å². The average molecular weight is 654 g/mol. The van der Waals surface area contributed by atoms with E-state index in [1.54, 1.807) is 35.2 Å². The number of allylic oxidation sites excluding steroid dienone is 1. The van der Waals surface area contributed by atoms with E-state index in [-0.39, 0.29) is 54.6 Å². The molecule has 1 fully saturated rings. The number of nitrogens with zero attached hydrogens (tertiary/aromatic N) is 3. The van der Waals surface area contributed by atoms with Crippen LogP contribution in [0.25, 0.3) is 0 Å². The third-order valence-corrected chi connectivity index (χ3v) is 10.1. The second-order valence-corrected chi connectivity index (χ2v) is 13.1. The molecule has 0 aromatic heterocycles. The summed E-state index contributed by atoms with van der Waals surface area (Å²) < 4.78 is 58.7. The van der Waals surface area contributed by atoms with Gasteiger partial charge in [-0.25, -0.2) is 12.8 Å². The number of hydrogen-bond donors (Lipinski definition) is 1. The van der Waals surface area contributed by atoms with E-state index in [2.05, 4.69) is 17.0 Å². The van der Waals surface area contributed by atoms with Gasteiger partial charge in [-0.05, 0) is 53.6 Å². The van der Waals surface area contributed by atoms with Crippen molar-refractivity contribution in [2.45, 2.75) is 30.1 Å². The Morgan fingerprint density at radius 1 is 0.978 bits per heavy atom. The first kappa shape index (κ1) is 33.6. The Hall–Kier alpha value is -3.81. The Bertz CT molecular complexity index is 1560. The lowest BCUT2D eigenvalue weighted by atomic mass is 9.93. The molecule has 3 aromatic rings. The van der Waals surface area contributed by atoms with Gasteiger partial charge in [0.2, 0.25) is 16.3 Å². The summed E-state index contributed by atoms with van der Waals surface area (Å²) in [6.45, 7) is 2.74. The zero-order valence-electron chi connectivity index (χ0n) is 25.8. The van der Waals surface area contributed by atoms with Crippen LogP contribution in [0.2, 0.25) is 0 Å². The number of ether oxygens (including phenoxy) is 3. The maximum atomic E-state index is 13.7. The van der Waals surface area contributed by atoms with Crippen LogP contribution in [0.1, 0.15) is 23.5 Å². The minimum atomic E-state index is -3.93. The molecule has 2 aliphatic rings. The number of carbonyl (C=O) groups is 1. The summed E-state index contributed by atoms with van der Waals surface area (Å²) in [6, 6.07) is 22.3. The maximum Gasteiger partial charge on any atom is 0.288 e. The van der Waals surface area contributed by atoms with Gasteiger partial charge in [0.1, 0.15) is 11.6 Å². The first-order valence-electron chi connectivity index (χ1n) is 15.3. The van der Waals surface area contributed by atoms with Gasteiger partial charge in [0.25, 0.3) is 5.91 Å². The summed E-state index contributed by atoms with van der Waals surface area (Å²) in [5, 5.41) is 9.60. The van der Waals surface area contributed by atoms with E-state index >= 15 is 0 Å². The third-order valence-electron chi connectivity index (χ3n) is 8.17. The van der Waals surface area contributed by atoms with Gasteiger partial charge in [0.15, 0.2) is 5.76 Å².